The SMILES string of the molecule is CC1CN(CC(O)Cn2cc([N+](=O)[O-])cn2)C(C)CN1C. The molecular formula is C13H23N5O3. The van der Waals surface area contributed by atoms with Gasteiger partial charge >= 0.3 is 5.69 Å². The third kappa shape index (κ3) is 3.99. The lowest BCUT2D eigenvalue weighted by Gasteiger charge is -2.43. The fourth-order valence-corrected chi connectivity index (χ4v) is 2.72. The number of aromatic nitrogens is 2. The molecule has 118 valence electrons. The molecule has 1 aromatic heterocycles. The van der Waals surface area contributed by atoms with Crippen molar-refractivity contribution in [2.75, 3.05) is 26.7 Å². The Labute approximate surface area is 124 Å². The van der Waals surface area contributed by atoms with Gasteiger partial charge in [-0.05, 0) is 20.9 Å². The van der Waals surface area contributed by atoms with Crippen molar-refractivity contribution in [1.82, 2.24) is 19.6 Å². The van der Waals surface area contributed by atoms with Gasteiger partial charge in [0.25, 0.3) is 0 Å². The molecule has 0 aliphatic carbocycles. The van der Waals surface area contributed by atoms with Crippen LogP contribution in [0.15, 0.2) is 12.4 Å². The fourth-order valence-electron chi connectivity index (χ4n) is 2.72. The first-order valence-corrected chi connectivity index (χ1v) is 7.16. The molecule has 0 amide bonds. The summed E-state index contributed by atoms with van der Waals surface area (Å²) in [6.07, 6.45) is 1.95. The van der Waals surface area contributed by atoms with Gasteiger partial charge in [-0.25, -0.2) is 0 Å². The van der Waals surface area contributed by atoms with Gasteiger partial charge in [0.05, 0.1) is 17.6 Å². The largest absolute Gasteiger partial charge is 0.390 e. The summed E-state index contributed by atoms with van der Waals surface area (Å²) in [6, 6.07) is 0.840. The summed E-state index contributed by atoms with van der Waals surface area (Å²) in [7, 11) is 2.11. The highest BCUT2D eigenvalue weighted by Crippen LogP contribution is 2.14. The van der Waals surface area contributed by atoms with E-state index in [0.29, 0.717) is 18.6 Å². The van der Waals surface area contributed by atoms with Crippen molar-refractivity contribution >= 4 is 5.69 Å². The number of aliphatic hydroxyl groups is 1. The number of aliphatic hydroxyl groups excluding tert-OH is 1. The Bertz CT molecular complexity index is 492. The number of β-amino-alcohol motifs (C(OH)–C–C–N with tert-alkyl or cyclic N) is 1. The van der Waals surface area contributed by atoms with Gasteiger partial charge in [-0.1, -0.05) is 0 Å². The van der Waals surface area contributed by atoms with E-state index in [1.54, 1.807) is 0 Å². The standard InChI is InChI=1S/C13H23N5O3/c1-10-6-16(11(2)5-15(10)3)8-13(19)9-17-7-12(4-14-17)18(20)21/h4,7,10-11,13,19H,5-6,8-9H2,1-3H3. The first-order valence-electron chi connectivity index (χ1n) is 7.16. The zero-order valence-electron chi connectivity index (χ0n) is 12.7. The molecule has 1 N–H and O–H groups in total. The highest BCUT2D eigenvalue weighted by atomic mass is 16.6. The molecule has 2 heterocycles. The molecule has 1 aromatic rings. The number of piperazine rings is 1. The van der Waals surface area contributed by atoms with Crippen LogP contribution in [0, 0.1) is 10.1 Å². The van der Waals surface area contributed by atoms with E-state index in [1.165, 1.54) is 17.1 Å². The van der Waals surface area contributed by atoms with Crippen LogP contribution in [0.1, 0.15) is 13.8 Å². The van der Waals surface area contributed by atoms with E-state index in [9.17, 15) is 15.2 Å². The van der Waals surface area contributed by atoms with Gasteiger partial charge in [-0.2, -0.15) is 5.10 Å². The Morgan fingerprint density at radius 3 is 2.76 bits per heavy atom. The normalized spacial score (nSPS) is 25.9. The summed E-state index contributed by atoms with van der Waals surface area (Å²) in [5.74, 6) is 0. The number of rotatable bonds is 5. The van der Waals surface area contributed by atoms with E-state index in [2.05, 4.69) is 35.8 Å². The number of likely N-dealkylation sites (N-methyl/N-ethyl adjacent to an activating group) is 1. The van der Waals surface area contributed by atoms with Gasteiger partial charge in [0.2, 0.25) is 0 Å². The third-order valence-corrected chi connectivity index (χ3v) is 4.10. The van der Waals surface area contributed by atoms with Gasteiger partial charge in [0.15, 0.2) is 0 Å². The van der Waals surface area contributed by atoms with Gasteiger partial charge < -0.3 is 10.0 Å². The Kier molecular flexibility index (Phi) is 4.92. The highest BCUT2D eigenvalue weighted by molar-refractivity contribution is 5.20. The van der Waals surface area contributed by atoms with Crippen molar-refractivity contribution in [3.63, 3.8) is 0 Å². The smallest absolute Gasteiger partial charge is 0.306 e. The first-order chi connectivity index (χ1) is 9.86. The van der Waals surface area contributed by atoms with E-state index in [-0.39, 0.29) is 12.2 Å². The van der Waals surface area contributed by atoms with Crippen molar-refractivity contribution in [3.8, 4) is 0 Å². The number of hydrogen-bond acceptors (Lipinski definition) is 6. The fraction of sp³-hybridized carbons (Fsp3) is 0.769. The molecule has 8 heteroatoms. The Balaban J connectivity index is 1.88. The maximum absolute atomic E-state index is 10.6. The number of nitro groups is 1. The van der Waals surface area contributed by atoms with Gasteiger partial charge in [-0.3, -0.25) is 19.7 Å². The number of nitrogens with zero attached hydrogens (tertiary/aromatic N) is 5. The average Bonchev–Trinajstić information content (AvgIpc) is 2.84. The minimum Gasteiger partial charge on any atom is -0.390 e. The summed E-state index contributed by atoms with van der Waals surface area (Å²) in [4.78, 5) is 14.7. The van der Waals surface area contributed by atoms with Crippen LogP contribution in [-0.4, -0.2) is 74.5 Å². The molecule has 0 radical (unpaired) electrons. The van der Waals surface area contributed by atoms with E-state index in [0.717, 1.165) is 13.1 Å². The second kappa shape index (κ2) is 6.50. The molecule has 1 aliphatic heterocycles. The Morgan fingerprint density at radius 2 is 2.14 bits per heavy atom. The van der Waals surface area contributed by atoms with E-state index in [1.807, 2.05) is 0 Å². The monoisotopic (exact) mass is 297 g/mol. The molecule has 8 nitrogen and oxygen atoms in total. The molecule has 2 rings (SSSR count). The molecule has 3 unspecified atom stereocenters. The molecule has 0 aromatic carbocycles. The van der Waals surface area contributed by atoms with Crippen LogP contribution < -0.4 is 0 Å². The van der Waals surface area contributed by atoms with Crippen LogP contribution in [0.25, 0.3) is 0 Å². The second-order valence-electron chi connectivity index (χ2n) is 5.92. The zero-order valence-corrected chi connectivity index (χ0v) is 12.7. The third-order valence-electron chi connectivity index (χ3n) is 4.10. The predicted octanol–water partition coefficient (Wildman–Crippen LogP) is 0.177. The lowest BCUT2D eigenvalue weighted by Crippen LogP contribution is -2.56. The molecule has 0 spiro atoms. The molecule has 21 heavy (non-hydrogen) atoms. The van der Waals surface area contributed by atoms with Crippen LogP contribution >= 0.6 is 0 Å². The van der Waals surface area contributed by atoms with Crippen LogP contribution in [0.3, 0.4) is 0 Å². The van der Waals surface area contributed by atoms with E-state index >= 15 is 0 Å². The summed E-state index contributed by atoms with van der Waals surface area (Å²) < 4.78 is 1.42. The molecule has 1 fully saturated rings. The van der Waals surface area contributed by atoms with Crippen LogP contribution in [0.4, 0.5) is 5.69 Å². The van der Waals surface area contributed by atoms with E-state index < -0.39 is 11.0 Å². The maximum atomic E-state index is 10.6. The topological polar surface area (TPSA) is 87.7 Å². The lowest BCUT2D eigenvalue weighted by atomic mass is 10.1. The van der Waals surface area contributed by atoms with Crippen molar-refractivity contribution in [3.05, 3.63) is 22.5 Å². The minimum atomic E-state index is -0.595. The molecule has 1 saturated heterocycles. The van der Waals surface area contributed by atoms with Crippen molar-refractivity contribution in [2.24, 2.45) is 0 Å². The summed E-state index contributed by atoms with van der Waals surface area (Å²) >= 11 is 0. The Hall–Kier alpha value is -1.51. The Morgan fingerprint density at radius 1 is 1.43 bits per heavy atom. The molecular weight excluding hydrogens is 274 g/mol. The van der Waals surface area contributed by atoms with Crippen molar-refractivity contribution in [1.29, 1.82) is 0 Å². The van der Waals surface area contributed by atoms with Crippen LogP contribution in [0.5, 0.6) is 0 Å². The minimum absolute atomic E-state index is 0.0520. The molecule has 0 saturated carbocycles. The van der Waals surface area contributed by atoms with Gasteiger partial charge in [0.1, 0.15) is 12.4 Å². The first kappa shape index (κ1) is 15.9. The second-order valence-corrected chi connectivity index (χ2v) is 5.92. The predicted molar refractivity (Wildman–Crippen MR) is 78.0 cm³/mol. The van der Waals surface area contributed by atoms with Gasteiger partial charge in [0, 0.05) is 31.7 Å². The summed E-state index contributed by atoms with van der Waals surface area (Å²) in [5.41, 5.74) is -0.0520. The van der Waals surface area contributed by atoms with E-state index in [4.69, 9.17) is 0 Å². The van der Waals surface area contributed by atoms with Crippen LogP contribution in [-0.2, 0) is 6.54 Å². The lowest BCUT2D eigenvalue weighted by molar-refractivity contribution is -0.385. The summed E-state index contributed by atoms with van der Waals surface area (Å²) in [6.45, 7) is 7.01. The van der Waals surface area contributed by atoms with Crippen LogP contribution in [0.2, 0.25) is 0 Å². The quantitative estimate of drug-likeness (QED) is 0.616. The highest BCUT2D eigenvalue weighted by Gasteiger charge is 2.28. The summed E-state index contributed by atoms with van der Waals surface area (Å²) in [5, 5.41) is 24.7. The molecule has 3 atom stereocenters. The zero-order chi connectivity index (χ0) is 15.6. The number of hydrogen-bond donors (Lipinski definition) is 1. The van der Waals surface area contributed by atoms with Gasteiger partial charge in [-0.15, -0.1) is 0 Å². The maximum Gasteiger partial charge on any atom is 0.306 e. The molecule has 0 bridgehead atoms. The average molecular weight is 297 g/mol. The molecule has 1 aliphatic rings. The van der Waals surface area contributed by atoms with Crippen molar-refractivity contribution < 1.29 is 10.0 Å². The van der Waals surface area contributed by atoms with Crippen molar-refractivity contribution in [2.45, 2.75) is 38.6 Å².